The van der Waals surface area contributed by atoms with Crippen molar-refractivity contribution in [1.29, 1.82) is 0 Å². The first-order chi connectivity index (χ1) is 9.86. The quantitative estimate of drug-likeness (QED) is 0.218. The highest BCUT2D eigenvalue weighted by Crippen LogP contribution is 2.46. The lowest BCUT2D eigenvalue weighted by Gasteiger charge is -2.28. The van der Waals surface area contributed by atoms with Crippen molar-refractivity contribution in [3.8, 4) is 0 Å². The highest BCUT2D eigenvalue weighted by molar-refractivity contribution is 7.57. The minimum Gasteiger partial charge on any atom is -0.344 e. The van der Waals surface area contributed by atoms with Crippen molar-refractivity contribution in [3.05, 3.63) is 0 Å². The van der Waals surface area contributed by atoms with Crippen molar-refractivity contribution in [1.82, 2.24) is 4.90 Å². The van der Waals surface area contributed by atoms with E-state index < -0.39 is 67.5 Å². The zero-order valence-electron chi connectivity index (χ0n) is 12.1. The number of hydrogen-bond acceptors (Lipinski definition) is 5. The summed E-state index contributed by atoms with van der Waals surface area (Å²) in [4.78, 5) is 63.8. The van der Waals surface area contributed by atoms with Gasteiger partial charge in [-0.3, -0.25) is 23.2 Å². The molecule has 16 heteroatoms. The first kappa shape index (κ1) is 23.6. The van der Waals surface area contributed by atoms with E-state index >= 15 is 0 Å². The monoisotopic (exact) mass is 419 g/mol. The van der Waals surface area contributed by atoms with Crippen molar-refractivity contribution in [2.24, 2.45) is 5.92 Å². The van der Waals surface area contributed by atoms with E-state index in [0.29, 0.717) is 0 Å². The van der Waals surface area contributed by atoms with E-state index in [1.54, 1.807) is 0 Å². The van der Waals surface area contributed by atoms with E-state index in [1.165, 1.54) is 0 Å². The molecule has 0 rings (SSSR count). The molecule has 0 aliphatic rings. The van der Waals surface area contributed by atoms with Crippen LogP contribution in [0.15, 0.2) is 0 Å². The molecule has 0 saturated heterocycles. The van der Waals surface area contributed by atoms with Crippen molar-refractivity contribution < 1.29 is 52.5 Å². The lowest BCUT2D eigenvalue weighted by molar-refractivity contribution is 0.265. The van der Waals surface area contributed by atoms with Crippen LogP contribution in [-0.2, 0) is 18.3 Å². The molecule has 140 valence electrons. The van der Waals surface area contributed by atoms with Gasteiger partial charge in [0.1, 0.15) is 6.29 Å². The Kier molecular flexibility index (Phi) is 8.54. The van der Waals surface area contributed by atoms with Gasteiger partial charge in [-0.05, 0) is 5.92 Å². The molecular weight excluding hydrogens is 398 g/mol. The van der Waals surface area contributed by atoms with Gasteiger partial charge < -0.3 is 34.3 Å². The van der Waals surface area contributed by atoms with Crippen LogP contribution < -0.4 is 0 Å². The lowest BCUT2D eigenvalue weighted by atomic mass is 10.2. The van der Waals surface area contributed by atoms with Crippen LogP contribution >= 0.6 is 30.2 Å². The van der Waals surface area contributed by atoms with Gasteiger partial charge in [0.2, 0.25) is 7.37 Å². The zero-order valence-corrected chi connectivity index (χ0v) is 15.7. The summed E-state index contributed by atoms with van der Waals surface area (Å²) in [5, 5.41) is 0. The van der Waals surface area contributed by atoms with Crippen LogP contribution in [0.5, 0.6) is 0 Å². The Morgan fingerprint density at radius 2 is 1.13 bits per heavy atom. The van der Waals surface area contributed by atoms with Gasteiger partial charge in [0.05, 0.1) is 18.6 Å². The predicted molar refractivity (Wildman–Crippen MR) is 81.5 cm³/mol. The predicted octanol–water partition coefficient (Wildman–Crippen LogP) is -0.747. The maximum Gasteiger partial charge on any atom is 0.339 e. The number of nitrogens with zero attached hydrogens (tertiary/aromatic N) is 1. The van der Waals surface area contributed by atoms with Crippen LogP contribution in [-0.4, -0.2) is 77.3 Å². The van der Waals surface area contributed by atoms with Crippen LogP contribution in [0.4, 0.5) is 0 Å². The van der Waals surface area contributed by atoms with Crippen molar-refractivity contribution in [2.45, 2.75) is 0 Å². The Morgan fingerprint density at radius 3 is 1.39 bits per heavy atom. The fourth-order valence-electron chi connectivity index (χ4n) is 2.00. The molecule has 0 radical (unpaired) electrons. The van der Waals surface area contributed by atoms with E-state index in [1.807, 2.05) is 0 Å². The van der Waals surface area contributed by atoms with Crippen molar-refractivity contribution in [2.75, 3.05) is 38.1 Å². The summed E-state index contributed by atoms with van der Waals surface area (Å²) in [6.07, 6.45) is -3.55. The molecule has 0 heterocycles. The second-order valence-electron chi connectivity index (χ2n) is 5.41. The van der Waals surface area contributed by atoms with E-state index in [4.69, 9.17) is 29.4 Å². The molecule has 1 atom stereocenters. The first-order valence-corrected chi connectivity index (χ1v) is 13.7. The Bertz CT molecular complexity index is 471. The maximum absolute atomic E-state index is 11.4. The third-order valence-corrected chi connectivity index (χ3v) is 6.03. The summed E-state index contributed by atoms with van der Waals surface area (Å²) >= 11 is 0. The lowest BCUT2D eigenvalue weighted by Crippen LogP contribution is -2.34. The summed E-state index contributed by atoms with van der Waals surface area (Å²) in [5.74, 6) is -1.32. The molecule has 0 aromatic carbocycles. The van der Waals surface area contributed by atoms with Crippen LogP contribution in [0.3, 0.4) is 0 Å². The van der Waals surface area contributed by atoms with Gasteiger partial charge in [0, 0.05) is 13.2 Å². The summed E-state index contributed by atoms with van der Waals surface area (Å²) < 4.78 is 44.6. The molecule has 0 aliphatic carbocycles. The van der Waals surface area contributed by atoms with Crippen LogP contribution in [0.25, 0.3) is 0 Å². The standard InChI is InChI=1S/C7H21NO11P4/c1-20(9,10)5-8(6-23(17,18)19)2-7(3-21(11,12)13)4-22(14,15)16/h7H,2-6H2,1H3,(H,9,10)(H2,11,12,13)(H2,14,15,16)(H2,17,18,19). The van der Waals surface area contributed by atoms with Crippen LogP contribution in [0, 0.1) is 5.92 Å². The molecule has 0 aliphatic heterocycles. The summed E-state index contributed by atoms with van der Waals surface area (Å²) in [6.45, 7) is 0.348. The average molecular weight is 419 g/mol. The molecule has 7 N–H and O–H groups in total. The van der Waals surface area contributed by atoms with Gasteiger partial charge in [-0.25, -0.2) is 0 Å². The van der Waals surface area contributed by atoms with Gasteiger partial charge in [-0.2, -0.15) is 0 Å². The smallest absolute Gasteiger partial charge is 0.339 e. The Labute approximate surface area is 132 Å². The Morgan fingerprint density at radius 1 is 0.739 bits per heavy atom. The third-order valence-electron chi connectivity index (χ3n) is 2.36. The normalized spacial score (nSPS) is 16.8. The Balaban J connectivity index is 5.31. The maximum atomic E-state index is 11.4. The molecule has 0 aromatic heterocycles. The molecular formula is C7H21NO11P4. The van der Waals surface area contributed by atoms with Crippen molar-refractivity contribution in [3.63, 3.8) is 0 Å². The van der Waals surface area contributed by atoms with Gasteiger partial charge in [0.25, 0.3) is 0 Å². The van der Waals surface area contributed by atoms with E-state index in [-0.39, 0.29) is 0 Å². The largest absolute Gasteiger partial charge is 0.344 e. The minimum atomic E-state index is -4.66. The topological polar surface area (TPSA) is 213 Å². The van der Waals surface area contributed by atoms with Gasteiger partial charge in [0.15, 0.2) is 0 Å². The van der Waals surface area contributed by atoms with Gasteiger partial charge in [-0.15, -0.1) is 0 Å². The highest BCUT2D eigenvalue weighted by atomic mass is 31.2. The molecule has 0 aromatic rings. The van der Waals surface area contributed by atoms with Gasteiger partial charge in [-0.1, -0.05) is 0 Å². The molecule has 0 fully saturated rings. The first-order valence-electron chi connectivity index (χ1n) is 6.02. The summed E-state index contributed by atoms with van der Waals surface area (Å²) in [7, 11) is -17.8. The van der Waals surface area contributed by atoms with Crippen LogP contribution in [0.2, 0.25) is 0 Å². The second-order valence-corrected chi connectivity index (χ2v) is 12.8. The SMILES string of the molecule is CP(=O)(O)CN(CC(CP(=O)(O)O)CP(=O)(O)O)CP(=O)(O)O. The molecule has 0 amide bonds. The summed E-state index contributed by atoms with van der Waals surface area (Å²) in [5.41, 5.74) is 0. The molecule has 12 nitrogen and oxygen atoms in total. The van der Waals surface area contributed by atoms with Gasteiger partial charge >= 0.3 is 22.8 Å². The number of rotatable bonds is 10. The molecule has 0 saturated carbocycles. The molecule has 23 heavy (non-hydrogen) atoms. The fraction of sp³-hybridized carbons (Fsp3) is 1.00. The van der Waals surface area contributed by atoms with E-state index in [0.717, 1.165) is 11.6 Å². The fourth-order valence-corrected chi connectivity index (χ4v) is 5.89. The van der Waals surface area contributed by atoms with E-state index in [2.05, 4.69) is 0 Å². The second kappa shape index (κ2) is 8.32. The van der Waals surface area contributed by atoms with E-state index in [9.17, 15) is 23.2 Å². The minimum absolute atomic E-state index is 0.570. The molecule has 0 spiro atoms. The highest BCUT2D eigenvalue weighted by Gasteiger charge is 2.32. The van der Waals surface area contributed by atoms with Crippen LogP contribution in [0.1, 0.15) is 0 Å². The Hall–Kier alpha value is 0.600. The third kappa shape index (κ3) is 15.8. The molecule has 0 bridgehead atoms. The van der Waals surface area contributed by atoms with Crippen molar-refractivity contribution >= 4 is 30.2 Å². The summed E-state index contributed by atoms with van der Waals surface area (Å²) in [6, 6.07) is 0. The molecule has 1 unspecified atom stereocenters. The average Bonchev–Trinajstić information content (AvgIpc) is 2.03. The zero-order chi connectivity index (χ0) is 18.7. The number of hydrogen-bond donors (Lipinski definition) is 7.